The van der Waals surface area contributed by atoms with Gasteiger partial charge >= 0.3 is 12.1 Å². The third-order valence-corrected chi connectivity index (χ3v) is 4.53. The Kier molecular flexibility index (Phi) is 4.58. The van der Waals surface area contributed by atoms with E-state index in [1.165, 1.54) is 24.4 Å². The van der Waals surface area contributed by atoms with Crippen molar-refractivity contribution >= 4 is 16.9 Å². The number of benzene rings is 2. The van der Waals surface area contributed by atoms with E-state index >= 15 is 0 Å². The number of halogens is 3. The van der Waals surface area contributed by atoms with Crippen LogP contribution in [0, 0.1) is 0 Å². The van der Waals surface area contributed by atoms with E-state index in [9.17, 15) is 23.1 Å². The molecule has 0 amide bonds. The molecule has 0 aliphatic heterocycles. The van der Waals surface area contributed by atoms with Crippen LogP contribution in [0.5, 0.6) is 0 Å². The number of rotatable bonds is 4. The number of fused-ring (bicyclic) bond motifs is 1. The molecule has 0 bridgehead atoms. The summed E-state index contributed by atoms with van der Waals surface area (Å²) in [6.07, 6.45) is -2.79. The zero-order chi connectivity index (χ0) is 20.6. The molecule has 0 spiro atoms. The topological polar surface area (TPSA) is 63.3 Å². The molecule has 2 heterocycles. The molecule has 7 heteroatoms. The number of alkyl halides is 3. The summed E-state index contributed by atoms with van der Waals surface area (Å²) >= 11 is 0. The van der Waals surface area contributed by atoms with Crippen molar-refractivity contribution in [2.24, 2.45) is 0 Å². The molecule has 0 aliphatic rings. The molecule has 0 saturated carbocycles. The Morgan fingerprint density at radius 1 is 1.03 bits per heavy atom. The second-order valence-electron chi connectivity index (χ2n) is 6.54. The van der Waals surface area contributed by atoms with E-state index in [-0.39, 0.29) is 12.0 Å². The first-order chi connectivity index (χ1) is 13.8. The van der Waals surface area contributed by atoms with Crippen molar-refractivity contribution in [1.82, 2.24) is 4.98 Å². The maximum atomic E-state index is 12.9. The smallest absolute Gasteiger partial charge is 0.416 e. The molecule has 4 aromatic rings. The lowest BCUT2D eigenvalue weighted by atomic mass is 10.0. The summed E-state index contributed by atoms with van der Waals surface area (Å²) < 4.78 is 44.6. The fourth-order valence-electron chi connectivity index (χ4n) is 3.19. The molecule has 4 rings (SSSR count). The highest BCUT2D eigenvalue weighted by Gasteiger charge is 2.30. The lowest BCUT2D eigenvalue weighted by molar-refractivity contribution is -0.137. The second-order valence-corrected chi connectivity index (χ2v) is 6.54. The minimum absolute atomic E-state index is 0.111. The molecule has 0 radical (unpaired) electrons. The lowest BCUT2D eigenvalue weighted by Crippen LogP contribution is -2.05. The summed E-state index contributed by atoms with van der Waals surface area (Å²) in [5, 5.41) is 9.90. The Morgan fingerprint density at radius 2 is 1.83 bits per heavy atom. The van der Waals surface area contributed by atoms with Gasteiger partial charge in [-0.15, -0.1) is 0 Å². The molecular formula is C22H14F3NO3. The molecule has 0 fully saturated rings. The first kappa shape index (κ1) is 18.7. The number of pyridine rings is 1. The van der Waals surface area contributed by atoms with Crippen LogP contribution < -0.4 is 0 Å². The Bertz CT molecular complexity index is 1210. The zero-order valence-electron chi connectivity index (χ0n) is 14.9. The van der Waals surface area contributed by atoms with E-state index in [4.69, 9.17) is 4.42 Å². The van der Waals surface area contributed by atoms with Gasteiger partial charge in [-0.05, 0) is 35.9 Å². The highest BCUT2D eigenvalue weighted by atomic mass is 19.4. The number of hydrogen-bond donors (Lipinski definition) is 1. The first-order valence-corrected chi connectivity index (χ1v) is 8.68. The summed E-state index contributed by atoms with van der Waals surface area (Å²) in [5.74, 6) is -0.556. The van der Waals surface area contributed by atoms with Gasteiger partial charge in [-0.2, -0.15) is 13.2 Å². The molecule has 0 aliphatic carbocycles. The fraction of sp³-hybridized carbons (Fsp3) is 0.0909. The van der Waals surface area contributed by atoms with Gasteiger partial charge in [-0.3, -0.25) is 4.98 Å². The maximum absolute atomic E-state index is 12.9. The quantitative estimate of drug-likeness (QED) is 0.473. The minimum atomic E-state index is -4.40. The molecule has 2 aromatic heterocycles. The molecule has 4 nitrogen and oxygen atoms in total. The summed E-state index contributed by atoms with van der Waals surface area (Å²) in [6.45, 7) is 0. The Balaban J connectivity index is 1.72. The predicted octanol–water partition coefficient (Wildman–Crippen LogP) is 5.80. The van der Waals surface area contributed by atoms with Gasteiger partial charge in [0.1, 0.15) is 11.3 Å². The average molecular weight is 397 g/mol. The standard InChI is InChI=1S/C22H14F3NO3/c23-22(24,25)15-4-1-3-13(9-15)10-16-12-18-17(5-2-6-20(18)29-16)19-11-14(21(27)28)7-8-26-19/h1-9,11-12H,10H2,(H,27,28). The molecule has 29 heavy (non-hydrogen) atoms. The van der Waals surface area contributed by atoms with Crippen molar-refractivity contribution in [2.75, 3.05) is 0 Å². The SMILES string of the molecule is O=C(O)c1ccnc(-c2cccc3oc(Cc4cccc(C(F)(F)F)c4)cc23)c1. The Labute approximate surface area is 163 Å². The molecule has 0 atom stereocenters. The van der Waals surface area contributed by atoms with Crippen molar-refractivity contribution in [1.29, 1.82) is 0 Å². The van der Waals surface area contributed by atoms with Gasteiger partial charge in [0.2, 0.25) is 0 Å². The Hall–Kier alpha value is -3.61. The van der Waals surface area contributed by atoms with Crippen LogP contribution in [-0.2, 0) is 12.6 Å². The number of furan rings is 1. The monoisotopic (exact) mass is 397 g/mol. The van der Waals surface area contributed by atoms with Gasteiger partial charge in [-0.1, -0.05) is 30.3 Å². The van der Waals surface area contributed by atoms with Gasteiger partial charge in [-0.25, -0.2) is 4.79 Å². The number of carboxylic acids is 1. The van der Waals surface area contributed by atoms with Gasteiger partial charge in [0.05, 0.1) is 16.8 Å². The van der Waals surface area contributed by atoms with Crippen molar-refractivity contribution in [3.05, 3.63) is 89.3 Å². The number of hydrogen-bond acceptors (Lipinski definition) is 3. The second kappa shape index (κ2) is 7.09. The normalized spacial score (nSPS) is 11.7. The van der Waals surface area contributed by atoms with E-state index in [2.05, 4.69) is 4.98 Å². The van der Waals surface area contributed by atoms with Crippen molar-refractivity contribution in [3.8, 4) is 11.3 Å². The average Bonchev–Trinajstić information content (AvgIpc) is 3.10. The van der Waals surface area contributed by atoms with Crippen LogP contribution in [-0.4, -0.2) is 16.1 Å². The minimum Gasteiger partial charge on any atom is -0.478 e. The largest absolute Gasteiger partial charge is 0.478 e. The van der Waals surface area contributed by atoms with Gasteiger partial charge in [0.15, 0.2) is 0 Å². The molecule has 0 saturated heterocycles. The van der Waals surface area contributed by atoms with Crippen molar-refractivity contribution in [2.45, 2.75) is 12.6 Å². The Morgan fingerprint density at radius 3 is 2.59 bits per heavy atom. The van der Waals surface area contributed by atoms with Crippen LogP contribution in [0.2, 0.25) is 0 Å². The predicted molar refractivity (Wildman–Crippen MR) is 101 cm³/mol. The molecule has 2 aromatic carbocycles. The molecular weight excluding hydrogens is 383 g/mol. The van der Waals surface area contributed by atoms with E-state index in [1.54, 1.807) is 30.3 Å². The number of nitrogens with zero attached hydrogens (tertiary/aromatic N) is 1. The molecule has 146 valence electrons. The van der Waals surface area contributed by atoms with Crippen LogP contribution in [0.3, 0.4) is 0 Å². The summed E-state index contributed by atoms with van der Waals surface area (Å²) in [5.41, 5.74) is 1.59. The van der Waals surface area contributed by atoms with E-state index in [1.807, 2.05) is 0 Å². The highest BCUT2D eigenvalue weighted by molar-refractivity contribution is 5.95. The molecule has 1 N–H and O–H groups in total. The van der Waals surface area contributed by atoms with Crippen LogP contribution in [0.1, 0.15) is 27.2 Å². The third-order valence-electron chi connectivity index (χ3n) is 4.53. The van der Waals surface area contributed by atoms with E-state index < -0.39 is 17.7 Å². The van der Waals surface area contributed by atoms with E-state index in [0.29, 0.717) is 33.6 Å². The summed E-state index contributed by atoms with van der Waals surface area (Å²) in [7, 11) is 0. The van der Waals surface area contributed by atoms with Gasteiger partial charge < -0.3 is 9.52 Å². The summed E-state index contributed by atoms with van der Waals surface area (Å²) in [4.78, 5) is 15.5. The maximum Gasteiger partial charge on any atom is 0.416 e. The highest BCUT2D eigenvalue weighted by Crippen LogP contribution is 2.33. The third kappa shape index (κ3) is 3.85. The van der Waals surface area contributed by atoms with Crippen molar-refractivity contribution < 1.29 is 27.5 Å². The fourth-order valence-corrected chi connectivity index (χ4v) is 3.19. The van der Waals surface area contributed by atoms with Crippen LogP contribution in [0.25, 0.3) is 22.2 Å². The number of aromatic carboxylic acids is 1. The summed E-state index contributed by atoms with van der Waals surface area (Å²) in [6, 6.07) is 15.0. The van der Waals surface area contributed by atoms with Crippen molar-refractivity contribution in [3.63, 3.8) is 0 Å². The number of aromatic nitrogens is 1. The lowest BCUT2D eigenvalue weighted by Gasteiger charge is -2.07. The number of carboxylic acid groups (broad SMARTS) is 1. The first-order valence-electron chi connectivity index (χ1n) is 8.68. The van der Waals surface area contributed by atoms with Crippen LogP contribution >= 0.6 is 0 Å². The zero-order valence-corrected chi connectivity index (χ0v) is 14.9. The number of carbonyl (C=O) groups is 1. The van der Waals surface area contributed by atoms with Gasteiger partial charge in [0, 0.05) is 23.6 Å². The molecule has 0 unspecified atom stereocenters. The van der Waals surface area contributed by atoms with Crippen LogP contribution in [0.4, 0.5) is 13.2 Å². The van der Waals surface area contributed by atoms with E-state index in [0.717, 1.165) is 12.1 Å². The van der Waals surface area contributed by atoms with Gasteiger partial charge in [0.25, 0.3) is 0 Å². The van der Waals surface area contributed by atoms with Crippen LogP contribution in [0.15, 0.2) is 71.3 Å².